The molecule has 0 bridgehead atoms. The predicted octanol–water partition coefficient (Wildman–Crippen LogP) is 3.51. The van der Waals surface area contributed by atoms with Crippen LogP contribution in [-0.4, -0.2) is 48.8 Å². The molecule has 0 atom stereocenters. The van der Waals surface area contributed by atoms with Gasteiger partial charge in [-0.25, -0.2) is 14.6 Å². The number of hydrogen-bond donors (Lipinski definition) is 0. The highest BCUT2D eigenvalue weighted by atomic mass is 35.5. The molecule has 3 aromatic rings. The van der Waals surface area contributed by atoms with Gasteiger partial charge in [-0.2, -0.15) is 0 Å². The molecular formula is C20H24ClN5O3. The third-order valence-electron chi connectivity index (χ3n) is 5.21. The van der Waals surface area contributed by atoms with Crippen LogP contribution in [0.1, 0.15) is 39.7 Å². The molecule has 29 heavy (non-hydrogen) atoms. The fraction of sp³-hybridized carbons (Fsp3) is 0.500. The number of pyridine rings is 2. The molecular weight excluding hydrogens is 394 g/mol. The van der Waals surface area contributed by atoms with E-state index in [1.165, 1.54) is 0 Å². The van der Waals surface area contributed by atoms with Crippen LogP contribution >= 0.6 is 11.6 Å². The first kappa shape index (κ1) is 19.7. The minimum absolute atomic E-state index is 0.0451. The standard InChI is InChI=1S/C20H24ClN5O3/c1-20(2,3)29-19(28)25-9-7-12(8-10-25)26-17-14(24(4)18(26)27)11-22-13-5-6-15(21)23-16(13)17/h5-6,11-12H,7-10H2,1-4H3. The van der Waals surface area contributed by atoms with Crippen LogP contribution in [0.2, 0.25) is 5.15 Å². The van der Waals surface area contributed by atoms with E-state index >= 15 is 0 Å². The number of imidazole rings is 1. The molecule has 1 fully saturated rings. The minimum Gasteiger partial charge on any atom is -0.444 e. The van der Waals surface area contributed by atoms with E-state index in [0.29, 0.717) is 47.6 Å². The molecule has 3 aromatic heterocycles. The Morgan fingerprint density at radius 3 is 2.59 bits per heavy atom. The molecule has 0 unspecified atom stereocenters. The molecule has 0 spiro atoms. The summed E-state index contributed by atoms with van der Waals surface area (Å²) in [5.41, 5.74) is 2.10. The molecule has 1 aliphatic rings. The van der Waals surface area contributed by atoms with Crippen LogP contribution < -0.4 is 5.69 Å². The molecule has 0 aromatic carbocycles. The number of hydrogen-bond acceptors (Lipinski definition) is 5. The van der Waals surface area contributed by atoms with E-state index in [4.69, 9.17) is 16.3 Å². The van der Waals surface area contributed by atoms with Crippen molar-refractivity contribution in [2.75, 3.05) is 13.1 Å². The highest BCUT2D eigenvalue weighted by Crippen LogP contribution is 2.29. The van der Waals surface area contributed by atoms with Gasteiger partial charge in [-0.3, -0.25) is 14.1 Å². The van der Waals surface area contributed by atoms with E-state index in [-0.39, 0.29) is 17.8 Å². The zero-order valence-corrected chi connectivity index (χ0v) is 17.7. The number of carbonyl (C=O) groups excluding carboxylic acids is 1. The van der Waals surface area contributed by atoms with Gasteiger partial charge >= 0.3 is 11.8 Å². The molecule has 0 N–H and O–H groups in total. The fourth-order valence-corrected chi connectivity index (χ4v) is 3.98. The van der Waals surface area contributed by atoms with Crippen LogP contribution in [0.25, 0.3) is 22.1 Å². The van der Waals surface area contributed by atoms with Gasteiger partial charge in [0.2, 0.25) is 0 Å². The Morgan fingerprint density at radius 1 is 1.24 bits per heavy atom. The fourth-order valence-electron chi connectivity index (χ4n) is 3.83. The summed E-state index contributed by atoms with van der Waals surface area (Å²) in [5, 5.41) is 0.356. The van der Waals surface area contributed by atoms with E-state index in [2.05, 4.69) is 9.97 Å². The van der Waals surface area contributed by atoms with Crippen LogP contribution in [0.4, 0.5) is 4.79 Å². The SMILES string of the molecule is Cn1c(=O)n(C2CCN(C(=O)OC(C)(C)C)CC2)c2c3nc(Cl)ccc3ncc21. The number of likely N-dealkylation sites (tertiary alicyclic amines) is 1. The maximum absolute atomic E-state index is 13.1. The highest BCUT2D eigenvalue weighted by molar-refractivity contribution is 6.30. The second-order valence-electron chi connectivity index (χ2n) is 8.40. The number of fused-ring (bicyclic) bond motifs is 3. The van der Waals surface area contributed by atoms with E-state index in [0.717, 1.165) is 5.52 Å². The van der Waals surface area contributed by atoms with Crippen LogP contribution in [0.5, 0.6) is 0 Å². The third-order valence-corrected chi connectivity index (χ3v) is 5.42. The molecule has 0 radical (unpaired) electrons. The Bertz CT molecular complexity index is 1150. The zero-order valence-electron chi connectivity index (χ0n) is 17.0. The van der Waals surface area contributed by atoms with Crippen LogP contribution in [0.15, 0.2) is 23.1 Å². The Balaban J connectivity index is 1.70. The van der Waals surface area contributed by atoms with Gasteiger partial charge in [-0.1, -0.05) is 11.6 Å². The van der Waals surface area contributed by atoms with Crippen molar-refractivity contribution >= 4 is 39.8 Å². The van der Waals surface area contributed by atoms with Crippen molar-refractivity contribution in [3.8, 4) is 0 Å². The monoisotopic (exact) mass is 417 g/mol. The predicted molar refractivity (Wildman–Crippen MR) is 111 cm³/mol. The van der Waals surface area contributed by atoms with Gasteiger partial charge in [-0.15, -0.1) is 0 Å². The van der Waals surface area contributed by atoms with Gasteiger partial charge < -0.3 is 9.64 Å². The molecule has 8 nitrogen and oxygen atoms in total. The molecule has 1 saturated heterocycles. The van der Waals surface area contributed by atoms with Crippen LogP contribution in [-0.2, 0) is 11.8 Å². The molecule has 4 heterocycles. The van der Waals surface area contributed by atoms with Gasteiger partial charge in [0.1, 0.15) is 16.3 Å². The summed E-state index contributed by atoms with van der Waals surface area (Å²) in [7, 11) is 1.73. The maximum Gasteiger partial charge on any atom is 0.410 e. The number of ether oxygens (including phenoxy) is 1. The van der Waals surface area contributed by atoms with Crippen molar-refractivity contribution in [1.82, 2.24) is 24.0 Å². The Hall–Kier alpha value is -2.61. The number of piperidine rings is 1. The first-order valence-electron chi connectivity index (χ1n) is 9.66. The van der Waals surface area contributed by atoms with Gasteiger partial charge in [0, 0.05) is 26.2 Å². The first-order chi connectivity index (χ1) is 13.7. The van der Waals surface area contributed by atoms with Crippen molar-refractivity contribution in [1.29, 1.82) is 0 Å². The van der Waals surface area contributed by atoms with Crippen molar-refractivity contribution in [2.45, 2.75) is 45.3 Å². The molecule has 4 rings (SSSR count). The zero-order chi connectivity index (χ0) is 20.9. The minimum atomic E-state index is -0.530. The average molecular weight is 418 g/mol. The smallest absolute Gasteiger partial charge is 0.410 e. The third kappa shape index (κ3) is 3.57. The number of halogens is 1. The van der Waals surface area contributed by atoms with E-state index in [1.54, 1.807) is 39.4 Å². The van der Waals surface area contributed by atoms with E-state index < -0.39 is 5.60 Å². The number of carbonyl (C=O) groups is 1. The second-order valence-corrected chi connectivity index (χ2v) is 8.79. The Kier molecular flexibility index (Phi) is 4.77. The molecule has 0 aliphatic carbocycles. The number of aromatic nitrogens is 4. The van der Waals surface area contributed by atoms with Gasteiger partial charge in [0.15, 0.2) is 0 Å². The molecule has 1 aliphatic heterocycles. The summed E-state index contributed by atoms with van der Waals surface area (Å²) in [4.78, 5) is 36.0. The Labute approximate surface area is 173 Å². The summed E-state index contributed by atoms with van der Waals surface area (Å²) in [6, 6.07) is 3.45. The second kappa shape index (κ2) is 7.02. The lowest BCUT2D eigenvalue weighted by Crippen LogP contribution is -2.43. The molecule has 154 valence electrons. The number of aryl methyl sites for hydroxylation is 1. The number of amides is 1. The summed E-state index contributed by atoms with van der Waals surface area (Å²) in [6.07, 6.45) is 2.69. The van der Waals surface area contributed by atoms with E-state index in [1.807, 2.05) is 20.8 Å². The summed E-state index contributed by atoms with van der Waals surface area (Å²) in [6.45, 7) is 6.61. The van der Waals surface area contributed by atoms with Gasteiger partial charge in [-0.05, 0) is 45.7 Å². The Morgan fingerprint density at radius 2 is 1.93 bits per heavy atom. The molecule has 1 amide bonds. The highest BCUT2D eigenvalue weighted by Gasteiger charge is 2.30. The lowest BCUT2D eigenvalue weighted by Gasteiger charge is -2.33. The number of rotatable bonds is 1. The largest absolute Gasteiger partial charge is 0.444 e. The summed E-state index contributed by atoms with van der Waals surface area (Å²) < 4.78 is 8.84. The first-order valence-corrected chi connectivity index (χ1v) is 10.0. The molecule has 0 saturated carbocycles. The molecule has 9 heteroatoms. The van der Waals surface area contributed by atoms with Crippen molar-refractivity contribution in [3.05, 3.63) is 34.0 Å². The van der Waals surface area contributed by atoms with Crippen LogP contribution in [0, 0.1) is 0 Å². The maximum atomic E-state index is 13.1. The number of nitrogens with zero attached hydrogens (tertiary/aromatic N) is 5. The average Bonchev–Trinajstić information content (AvgIpc) is 2.92. The van der Waals surface area contributed by atoms with Crippen molar-refractivity contribution in [3.63, 3.8) is 0 Å². The van der Waals surface area contributed by atoms with Crippen LogP contribution in [0.3, 0.4) is 0 Å². The lowest BCUT2D eigenvalue weighted by molar-refractivity contribution is 0.0188. The van der Waals surface area contributed by atoms with Crippen molar-refractivity contribution < 1.29 is 9.53 Å². The lowest BCUT2D eigenvalue weighted by atomic mass is 10.0. The topological polar surface area (TPSA) is 82.2 Å². The quantitative estimate of drug-likeness (QED) is 0.566. The van der Waals surface area contributed by atoms with E-state index in [9.17, 15) is 9.59 Å². The van der Waals surface area contributed by atoms with Gasteiger partial charge in [0.05, 0.1) is 22.7 Å². The normalized spacial score (nSPS) is 16.0. The summed E-state index contributed by atoms with van der Waals surface area (Å²) in [5.74, 6) is 0. The van der Waals surface area contributed by atoms with Crippen molar-refractivity contribution in [2.24, 2.45) is 7.05 Å². The summed E-state index contributed by atoms with van der Waals surface area (Å²) >= 11 is 6.12. The van der Waals surface area contributed by atoms with Gasteiger partial charge in [0.25, 0.3) is 0 Å².